The summed E-state index contributed by atoms with van der Waals surface area (Å²) in [6, 6.07) is -0.0689. The van der Waals surface area contributed by atoms with Crippen LogP contribution in [0.4, 0.5) is 13.6 Å². The highest BCUT2D eigenvalue weighted by molar-refractivity contribution is 5.68. The molecule has 1 rings (SSSR count). The number of nitrogens with one attached hydrogen (secondary N) is 1. The largest absolute Gasteiger partial charge is 0.446 e. The molecular weight excluding hydrogens is 216 g/mol. The molecule has 0 radical (unpaired) electrons. The lowest BCUT2D eigenvalue weighted by Gasteiger charge is -2.35. The summed E-state index contributed by atoms with van der Waals surface area (Å²) in [6.45, 7) is 7.80. The summed E-state index contributed by atoms with van der Waals surface area (Å²) in [5.41, 5.74) is -0.0808. The van der Waals surface area contributed by atoms with Crippen LogP contribution in [0.3, 0.4) is 0 Å². The van der Waals surface area contributed by atoms with E-state index in [2.05, 4.69) is 5.32 Å². The van der Waals surface area contributed by atoms with E-state index in [-0.39, 0.29) is 24.3 Å². The van der Waals surface area contributed by atoms with E-state index in [4.69, 9.17) is 4.74 Å². The number of alkyl carbamates (subject to hydrolysis) is 1. The zero-order valence-corrected chi connectivity index (χ0v) is 10.1. The number of amides is 1. The lowest BCUT2D eigenvalue weighted by Crippen LogP contribution is -2.47. The molecule has 5 heteroatoms. The fourth-order valence-corrected chi connectivity index (χ4v) is 1.27. The number of carbonyl (C=O) groups excluding carboxylic acids is 1. The van der Waals surface area contributed by atoms with Gasteiger partial charge in [0.25, 0.3) is 5.92 Å². The molecule has 0 aromatic rings. The lowest BCUT2D eigenvalue weighted by atomic mass is 9.88. The maximum atomic E-state index is 12.5. The van der Waals surface area contributed by atoms with Gasteiger partial charge >= 0.3 is 6.09 Å². The number of alkyl halides is 2. The second-order valence-corrected chi connectivity index (χ2v) is 5.52. The van der Waals surface area contributed by atoms with Gasteiger partial charge in [-0.25, -0.2) is 13.6 Å². The van der Waals surface area contributed by atoms with Gasteiger partial charge in [-0.1, -0.05) is 20.8 Å². The summed E-state index contributed by atoms with van der Waals surface area (Å²) in [5.74, 6) is -2.65. The minimum Gasteiger partial charge on any atom is -0.446 e. The maximum absolute atomic E-state index is 12.5. The number of ether oxygens (including phenoxy) is 1. The van der Waals surface area contributed by atoms with Crippen molar-refractivity contribution in [3.8, 4) is 0 Å². The van der Waals surface area contributed by atoms with Crippen molar-refractivity contribution in [1.82, 2.24) is 5.32 Å². The summed E-state index contributed by atoms with van der Waals surface area (Å²) in [6.07, 6.45) is -1.96. The first-order valence-corrected chi connectivity index (χ1v) is 5.45. The molecule has 0 saturated heterocycles. The third-order valence-corrected chi connectivity index (χ3v) is 2.96. The monoisotopic (exact) mass is 235 g/mol. The van der Waals surface area contributed by atoms with Crippen LogP contribution in [0.2, 0.25) is 0 Å². The number of rotatable bonds is 2. The van der Waals surface area contributed by atoms with E-state index in [9.17, 15) is 13.6 Å². The van der Waals surface area contributed by atoms with Crippen molar-refractivity contribution in [3.63, 3.8) is 0 Å². The average Bonchev–Trinajstić information content (AvgIpc) is 1.98. The Balaban J connectivity index is 2.27. The summed E-state index contributed by atoms with van der Waals surface area (Å²) in [5, 5.41) is 2.64. The van der Waals surface area contributed by atoms with Crippen LogP contribution < -0.4 is 5.32 Å². The van der Waals surface area contributed by atoms with Crippen molar-refractivity contribution >= 4 is 6.09 Å². The van der Waals surface area contributed by atoms with Crippen molar-refractivity contribution in [2.24, 2.45) is 5.41 Å². The third kappa shape index (κ3) is 3.61. The van der Waals surface area contributed by atoms with E-state index in [0.717, 1.165) is 0 Å². The van der Waals surface area contributed by atoms with Gasteiger partial charge in [-0.2, -0.15) is 0 Å². The molecule has 0 heterocycles. The van der Waals surface area contributed by atoms with Gasteiger partial charge in [0.2, 0.25) is 0 Å². The molecule has 0 bridgehead atoms. The number of hydrogen-bond donors (Lipinski definition) is 1. The van der Waals surface area contributed by atoms with Crippen molar-refractivity contribution in [3.05, 3.63) is 0 Å². The van der Waals surface area contributed by atoms with Crippen LogP contribution in [0.1, 0.15) is 40.5 Å². The molecule has 0 aliphatic heterocycles. The van der Waals surface area contributed by atoms with Crippen molar-refractivity contribution in [2.45, 2.75) is 58.6 Å². The van der Waals surface area contributed by atoms with Crippen LogP contribution in [-0.2, 0) is 4.74 Å². The smallest absolute Gasteiger partial charge is 0.407 e. The minimum absolute atomic E-state index is 0.0689. The van der Waals surface area contributed by atoms with Crippen LogP contribution in [0, 0.1) is 5.41 Å². The highest BCUT2D eigenvalue weighted by Crippen LogP contribution is 2.39. The normalized spacial score (nSPS) is 22.1. The Hall–Kier alpha value is -0.870. The first-order chi connectivity index (χ1) is 7.10. The van der Waals surface area contributed by atoms with Gasteiger partial charge in [0.05, 0.1) is 0 Å². The molecule has 1 fully saturated rings. The predicted octanol–water partition coefficient (Wildman–Crippen LogP) is 2.94. The molecule has 1 unspecified atom stereocenters. The molecular formula is C11H19F2NO2. The zero-order valence-electron chi connectivity index (χ0n) is 10.1. The molecule has 94 valence electrons. The SMILES string of the molecule is CC(NC(=O)OC1CC(F)(F)C1)C(C)(C)C. The Morgan fingerprint density at radius 2 is 1.94 bits per heavy atom. The van der Waals surface area contributed by atoms with Gasteiger partial charge in [-0.15, -0.1) is 0 Å². The molecule has 1 aliphatic rings. The molecule has 1 N–H and O–H groups in total. The molecule has 1 aliphatic carbocycles. The summed E-state index contributed by atoms with van der Waals surface area (Å²) >= 11 is 0. The van der Waals surface area contributed by atoms with Gasteiger partial charge in [0.1, 0.15) is 6.10 Å². The molecule has 1 amide bonds. The van der Waals surface area contributed by atoms with Gasteiger partial charge in [-0.3, -0.25) is 0 Å². The average molecular weight is 235 g/mol. The fraction of sp³-hybridized carbons (Fsp3) is 0.909. The van der Waals surface area contributed by atoms with Crippen LogP contribution in [0.5, 0.6) is 0 Å². The molecule has 0 spiro atoms. The highest BCUT2D eigenvalue weighted by atomic mass is 19.3. The van der Waals surface area contributed by atoms with Crippen LogP contribution in [-0.4, -0.2) is 24.2 Å². The summed E-state index contributed by atoms with van der Waals surface area (Å²) in [4.78, 5) is 11.3. The minimum atomic E-state index is -2.65. The number of carbonyl (C=O) groups is 1. The summed E-state index contributed by atoms with van der Waals surface area (Å²) < 4.78 is 29.8. The molecule has 3 nitrogen and oxygen atoms in total. The second kappa shape index (κ2) is 4.18. The van der Waals surface area contributed by atoms with E-state index >= 15 is 0 Å². The molecule has 16 heavy (non-hydrogen) atoms. The Labute approximate surface area is 94.5 Å². The molecule has 1 atom stereocenters. The molecule has 0 aromatic carbocycles. The van der Waals surface area contributed by atoms with Gasteiger partial charge in [0.15, 0.2) is 0 Å². The Kier molecular flexibility index (Phi) is 3.45. The van der Waals surface area contributed by atoms with E-state index in [1.54, 1.807) is 0 Å². The zero-order chi connectivity index (χ0) is 12.6. The van der Waals surface area contributed by atoms with E-state index < -0.39 is 18.1 Å². The van der Waals surface area contributed by atoms with Crippen molar-refractivity contribution < 1.29 is 18.3 Å². The predicted molar refractivity (Wildman–Crippen MR) is 56.5 cm³/mol. The van der Waals surface area contributed by atoms with Crippen LogP contribution in [0.25, 0.3) is 0 Å². The molecule has 0 aromatic heterocycles. The van der Waals surface area contributed by atoms with Gasteiger partial charge < -0.3 is 10.1 Å². The summed E-state index contributed by atoms with van der Waals surface area (Å²) in [7, 11) is 0. The number of hydrogen-bond acceptors (Lipinski definition) is 2. The highest BCUT2D eigenvalue weighted by Gasteiger charge is 2.47. The van der Waals surface area contributed by atoms with Crippen molar-refractivity contribution in [1.29, 1.82) is 0 Å². The Morgan fingerprint density at radius 3 is 2.31 bits per heavy atom. The first-order valence-electron chi connectivity index (χ1n) is 5.45. The van der Waals surface area contributed by atoms with Gasteiger partial charge in [-0.05, 0) is 12.3 Å². The van der Waals surface area contributed by atoms with Crippen molar-refractivity contribution in [2.75, 3.05) is 0 Å². The Morgan fingerprint density at radius 1 is 1.44 bits per heavy atom. The maximum Gasteiger partial charge on any atom is 0.407 e. The van der Waals surface area contributed by atoms with Gasteiger partial charge in [0, 0.05) is 18.9 Å². The standard InChI is InChI=1S/C11H19F2NO2/c1-7(10(2,3)4)14-9(15)16-8-5-11(12,13)6-8/h7-8H,5-6H2,1-4H3,(H,14,15). The Bertz CT molecular complexity index is 266. The molecule has 1 saturated carbocycles. The quantitative estimate of drug-likeness (QED) is 0.799. The van der Waals surface area contributed by atoms with E-state index in [0.29, 0.717) is 0 Å². The topological polar surface area (TPSA) is 38.3 Å². The first kappa shape index (κ1) is 13.2. The van der Waals surface area contributed by atoms with E-state index in [1.807, 2.05) is 27.7 Å². The fourth-order valence-electron chi connectivity index (χ4n) is 1.27. The second-order valence-electron chi connectivity index (χ2n) is 5.52. The van der Waals surface area contributed by atoms with E-state index in [1.165, 1.54) is 0 Å². The van der Waals surface area contributed by atoms with Crippen LogP contribution in [0.15, 0.2) is 0 Å². The third-order valence-electron chi connectivity index (χ3n) is 2.96. The lowest BCUT2D eigenvalue weighted by molar-refractivity contribution is -0.144. The van der Waals surface area contributed by atoms with Crippen LogP contribution >= 0.6 is 0 Å². The number of halogens is 2.